The van der Waals surface area contributed by atoms with Gasteiger partial charge < -0.3 is 5.73 Å². The van der Waals surface area contributed by atoms with Gasteiger partial charge in [0.05, 0.1) is 16.3 Å². The number of hydrogen-bond acceptors (Lipinski definition) is 5. The van der Waals surface area contributed by atoms with Gasteiger partial charge in [0, 0.05) is 22.5 Å². The highest BCUT2D eigenvalue weighted by atomic mass is 32.2. The van der Waals surface area contributed by atoms with Gasteiger partial charge in [-0.3, -0.25) is 9.71 Å². The Kier molecular flexibility index (Phi) is 3.88. The Morgan fingerprint density at radius 1 is 1.37 bits per heavy atom. The van der Waals surface area contributed by atoms with Crippen molar-refractivity contribution in [2.75, 3.05) is 4.72 Å². The van der Waals surface area contributed by atoms with Crippen molar-refractivity contribution in [3.63, 3.8) is 0 Å². The fraction of sp³-hybridized carbons (Fsp3) is 0.250. The molecule has 0 bridgehead atoms. The first kappa shape index (κ1) is 14.0. The van der Waals surface area contributed by atoms with Crippen LogP contribution in [0.2, 0.25) is 0 Å². The monoisotopic (exact) mass is 297 g/mol. The maximum absolute atomic E-state index is 12.2. The Hall–Kier alpha value is -1.44. The number of nitrogens with zero attached hydrogens (tertiary/aromatic N) is 1. The number of rotatable bonds is 4. The van der Waals surface area contributed by atoms with Gasteiger partial charge in [-0.05, 0) is 32.0 Å². The van der Waals surface area contributed by atoms with Crippen molar-refractivity contribution in [3.8, 4) is 0 Å². The number of anilines is 1. The summed E-state index contributed by atoms with van der Waals surface area (Å²) in [7, 11) is -3.57. The Morgan fingerprint density at radius 3 is 2.68 bits per heavy atom. The van der Waals surface area contributed by atoms with E-state index >= 15 is 0 Å². The first-order valence-electron chi connectivity index (χ1n) is 5.67. The lowest BCUT2D eigenvalue weighted by atomic mass is 10.3. The second kappa shape index (κ2) is 5.28. The molecule has 0 saturated carbocycles. The number of thiophene rings is 1. The molecule has 2 aromatic heterocycles. The number of aryl methyl sites for hydroxylation is 2. The van der Waals surface area contributed by atoms with Crippen molar-refractivity contribution < 1.29 is 8.42 Å². The minimum Gasteiger partial charge on any atom is -0.326 e. The van der Waals surface area contributed by atoms with Crippen LogP contribution >= 0.6 is 11.3 Å². The van der Waals surface area contributed by atoms with Crippen LogP contribution in [0.15, 0.2) is 28.5 Å². The molecule has 0 spiro atoms. The average Bonchev–Trinajstić information content (AvgIpc) is 2.82. The van der Waals surface area contributed by atoms with Gasteiger partial charge in [-0.1, -0.05) is 0 Å². The molecule has 0 aliphatic carbocycles. The van der Waals surface area contributed by atoms with Crippen molar-refractivity contribution >= 4 is 27.0 Å². The van der Waals surface area contributed by atoms with E-state index in [9.17, 15) is 8.42 Å². The van der Waals surface area contributed by atoms with E-state index in [0.29, 0.717) is 17.9 Å². The third-order valence-electron chi connectivity index (χ3n) is 2.61. The average molecular weight is 297 g/mol. The van der Waals surface area contributed by atoms with Gasteiger partial charge in [-0.15, -0.1) is 11.3 Å². The van der Waals surface area contributed by atoms with E-state index in [1.807, 2.05) is 6.92 Å². The van der Waals surface area contributed by atoms with Crippen LogP contribution in [0.5, 0.6) is 0 Å². The number of hydrogen-bond donors (Lipinski definition) is 2. The summed E-state index contributed by atoms with van der Waals surface area (Å²) < 4.78 is 26.9. The molecule has 102 valence electrons. The van der Waals surface area contributed by atoms with Crippen molar-refractivity contribution in [1.29, 1.82) is 0 Å². The molecule has 7 heteroatoms. The SMILES string of the molecule is Cc1ccc(NS(=O)(=O)c2csc(CN)c2)c(C)n1. The van der Waals surface area contributed by atoms with E-state index in [1.165, 1.54) is 11.3 Å². The standard InChI is InChI=1S/C12H15N3O2S2/c1-8-3-4-12(9(2)14-8)15-19(16,17)11-5-10(6-13)18-7-11/h3-5,7,15H,6,13H2,1-2H3. The zero-order valence-electron chi connectivity index (χ0n) is 10.7. The van der Waals surface area contributed by atoms with Crippen molar-refractivity contribution in [1.82, 2.24) is 4.98 Å². The molecule has 0 radical (unpaired) electrons. The maximum atomic E-state index is 12.2. The number of aromatic nitrogens is 1. The smallest absolute Gasteiger partial charge is 0.262 e. The summed E-state index contributed by atoms with van der Waals surface area (Å²) in [5.74, 6) is 0. The molecule has 5 nitrogen and oxygen atoms in total. The molecule has 0 unspecified atom stereocenters. The van der Waals surface area contributed by atoms with Gasteiger partial charge >= 0.3 is 0 Å². The lowest BCUT2D eigenvalue weighted by molar-refractivity contribution is 0.601. The first-order valence-corrected chi connectivity index (χ1v) is 8.03. The summed E-state index contributed by atoms with van der Waals surface area (Å²) in [5, 5.41) is 1.58. The Labute approximate surface area is 116 Å². The molecule has 0 aliphatic heterocycles. The number of sulfonamides is 1. The minimum atomic E-state index is -3.57. The van der Waals surface area contributed by atoms with E-state index in [2.05, 4.69) is 9.71 Å². The quantitative estimate of drug-likeness (QED) is 0.904. The Morgan fingerprint density at radius 2 is 2.11 bits per heavy atom. The lowest BCUT2D eigenvalue weighted by Crippen LogP contribution is -2.13. The molecule has 0 aliphatic rings. The largest absolute Gasteiger partial charge is 0.326 e. The van der Waals surface area contributed by atoms with Crippen molar-refractivity contribution in [3.05, 3.63) is 39.8 Å². The van der Waals surface area contributed by atoms with E-state index in [1.54, 1.807) is 30.5 Å². The van der Waals surface area contributed by atoms with Crippen LogP contribution in [-0.2, 0) is 16.6 Å². The molecule has 2 heterocycles. The summed E-state index contributed by atoms with van der Waals surface area (Å²) in [4.78, 5) is 5.30. The summed E-state index contributed by atoms with van der Waals surface area (Å²) in [6, 6.07) is 5.07. The molecular weight excluding hydrogens is 282 g/mol. The van der Waals surface area contributed by atoms with Crippen LogP contribution in [0, 0.1) is 13.8 Å². The zero-order chi connectivity index (χ0) is 14.0. The molecule has 3 N–H and O–H groups in total. The summed E-state index contributed by atoms with van der Waals surface area (Å²) in [6.07, 6.45) is 0. The normalized spacial score (nSPS) is 11.5. The van der Waals surface area contributed by atoms with Crippen molar-refractivity contribution in [2.24, 2.45) is 5.73 Å². The second-order valence-corrected chi connectivity index (χ2v) is 6.82. The van der Waals surface area contributed by atoms with Crippen LogP contribution in [0.25, 0.3) is 0 Å². The number of nitrogens with two attached hydrogens (primary N) is 1. The zero-order valence-corrected chi connectivity index (χ0v) is 12.3. The number of nitrogens with one attached hydrogen (secondary N) is 1. The van der Waals surface area contributed by atoms with Crippen LogP contribution < -0.4 is 10.5 Å². The van der Waals surface area contributed by atoms with Crippen LogP contribution in [0.3, 0.4) is 0 Å². The van der Waals surface area contributed by atoms with Gasteiger partial charge in [-0.25, -0.2) is 8.42 Å². The summed E-state index contributed by atoms with van der Waals surface area (Å²) in [6.45, 7) is 3.97. The van der Waals surface area contributed by atoms with Crippen LogP contribution in [0.1, 0.15) is 16.3 Å². The predicted octanol–water partition coefficient (Wildman–Crippen LogP) is 2.02. The molecule has 2 rings (SSSR count). The molecular formula is C12H15N3O2S2. The molecule has 0 fully saturated rings. The fourth-order valence-electron chi connectivity index (χ4n) is 1.61. The molecule has 0 amide bonds. The Bertz CT molecular complexity index is 693. The molecule has 2 aromatic rings. The van der Waals surface area contributed by atoms with Crippen LogP contribution in [-0.4, -0.2) is 13.4 Å². The highest BCUT2D eigenvalue weighted by Crippen LogP contribution is 2.22. The second-order valence-electron chi connectivity index (χ2n) is 4.14. The highest BCUT2D eigenvalue weighted by molar-refractivity contribution is 7.92. The topological polar surface area (TPSA) is 85.1 Å². The third-order valence-corrected chi connectivity index (χ3v) is 5.06. The predicted molar refractivity (Wildman–Crippen MR) is 76.7 cm³/mol. The van der Waals surface area contributed by atoms with Gasteiger partial charge in [-0.2, -0.15) is 0 Å². The summed E-state index contributed by atoms with van der Waals surface area (Å²) >= 11 is 1.33. The van der Waals surface area contributed by atoms with E-state index < -0.39 is 10.0 Å². The number of pyridine rings is 1. The van der Waals surface area contributed by atoms with Gasteiger partial charge in [0.1, 0.15) is 0 Å². The molecule has 19 heavy (non-hydrogen) atoms. The molecule has 0 aromatic carbocycles. The molecule has 0 saturated heterocycles. The van der Waals surface area contributed by atoms with E-state index in [4.69, 9.17) is 5.73 Å². The van der Waals surface area contributed by atoms with E-state index in [0.717, 1.165) is 10.6 Å². The Balaban J connectivity index is 2.30. The fourth-order valence-corrected chi connectivity index (χ4v) is 3.88. The van der Waals surface area contributed by atoms with Gasteiger partial charge in [0.25, 0.3) is 10.0 Å². The van der Waals surface area contributed by atoms with Crippen LogP contribution in [0.4, 0.5) is 5.69 Å². The lowest BCUT2D eigenvalue weighted by Gasteiger charge is -2.09. The first-order chi connectivity index (χ1) is 8.92. The minimum absolute atomic E-state index is 0.234. The van der Waals surface area contributed by atoms with E-state index in [-0.39, 0.29) is 4.90 Å². The molecule has 0 atom stereocenters. The highest BCUT2D eigenvalue weighted by Gasteiger charge is 2.17. The summed E-state index contributed by atoms with van der Waals surface area (Å²) in [5.41, 5.74) is 7.48. The third kappa shape index (κ3) is 3.12. The van der Waals surface area contributed by atoms with Gasteiger partial charge in [0.2, 0.25) is 0 Å². The maximum Gasteiger partial charge on any atom is 0.262 e. The van der Waals surface area contributed by atoms with Crippen molar-refractivity contribution in [2.45, 2.75) is 25.3 Å². The van der Waals surface area contributed by atoms with Gasteiger partial charge in [0.15, 0.2) is 0 Å².